The zero-order valence-corrected chi connectivity index (χ0v) is 12.4. The predicted molar refractivity (Wildman–Crippen MR) is 82.3 cm³/mol. The molecule has 110 valence electrons. The fourth-order valence-electron chi connectivity index (χ4n) is 2.22. The van der Waals surface area contributed by atoms with E-state index in [-0.39, 0.29) is 0 Å². The number of rotatable bonds is 6. The van der Waals surface area contributed by atoms with Crippen molar-refractivity contribution in [3.63, 3.8) is 0 Å². The van der Waals surface area contributed by atoms with E-state index in [9.17, 15) is 9.90 Å². The average molecular weight is 284 g/mol. The lowest BCUT2D eigenvalue weighted by Crippen LogP contribution is -2.26. The zero-order chi connectivity index (χ0) is 15.2. The number of benzene rings is 2. The van der Waals surface area contributed by atoms with Crippen LogP contribution in [0.15, 0.2) is 48.5 Å². The maximum Gasteiger partial charge on any atom is 0.333 e. The molecule has 21 heavy (non-hydrogen) atoms. The number of carboxylic acid groups (broad SMARTS) is 1. The molecule has 3 nitrogen and oxygen atoms in total. The maximum atomic E-state index is 11.4. The summed E-state index contributed by atoms with van der Waals surface area (Å²) in [6.45, 7) is 4.35. The van der Waals surface area contributed by atoms with Crippen LogP contribution in [0.1, 0.15) is 22.3 Å². The molecule has 1 atom stereocenters. The smallest absolute Gasteiger partial charge is 0.333 e. The van der Waals surface area contributed by atoms with E-state index >= 15 is 0 Å². The Bertz CT molecular complexity index is 605. The van der Waals surface area contributed by atoms with Crippen LogP contribution in [-0.2, 0) is 22.6 Å². The second-order valence-corrected chi connectivity index (χ2v) is 5.19. The Morgan fingerprint density at radius 1 is 1.10 bits per heavy atom. The van der Waals surface area contributed by atoms with Gasteiger partial charge in [-0.1, -0.05) is 48.5 Å². The summed E-state index contributed by atoms with van der Waals surface area (Å²) in [5.41, 5.74) is 4.30. The molecule has 3 heteroatoms. The van der Waals surface area contributed by atoms with E-state index in [1.54, 1.807) is 0 Å². The van der Waals surface area contributed by atoms with Gasteiger partial charge in [-0.2, -0.15) is 0 Å². The lowest BCUT2D eigenvalue weighted by atomic mass is 9.98. The Morgan fingerprint density at radius 2 is 1.81 bits per heavy atom. The molecule has 2 aromatic carbocycles. The summed E-state index contributed by atoms with van der Waals surface area (Å²) in [6, 6.07) is 15.6. The standard InChI is InChI=1S/C18H20O3/c1-13-7-6-10-16(14(13)2)11-17(18(19)20)21-12-15-8-4-3-5-9-15/h3-10,17H,11-12H2,1-2H3,(H,19,20)/t17-/m0/s1. The van der Waals surface area contributed by atoms with Crippen molar-refractivity contribution in [2.24, 2.45) is 0 Å². The lowest BCUT2D eigenvalue weighted by molar-refractivity contribution is -0.151. The molecule has 0 aliphatic heterocycles. The minimum absolute atomic E-state index is 0.308. The number of aliphatic carboxylic acids is 1. The van der Waals surface area contributed by atoms with Crippen LogP contribution in [0.3, 0.4) is 0 Å². The molecular formula is C18H20O3. The van der Waals surface area contributed by atoms with Crippen molar-refractivity contribution in [3.8, 4) is 0 Å². The first-order valence-electron chi connectivity index (χ1n) is 7.01. The van der Waals surface area contributed by atoms with Crippen molar-refractivity contribution in [1.29, 1.82) is 0 Å². The van der Waals surface area contributed by atoms with Gasteiger partial charge in [-0.25, -0.2) is 4.79 Å². The highest BCUT2D eigenvalue weighted by Crippen LogP contribution is 2.16. The van der Waals surface area contributed by atoms with Crippen molar-refractivity contribution < 1.29 is 14.6 Å². The Kier molecular flexibility index (Phi) is 5.12. The quantitative estimate of drug-likeness (QED) is 0.883. The fraction of sp³-hybridized carbons (Fsp3) is 0.278. The SMILES string of the molecule is Cc1cccc(C[C@H](OCc2ccccc2)C(=O)O)c1C. The van der Waals surface area contributed by atoms with E-state index < -0.39 is 12.1 Å². The van der Waals surface area contributed by atoms with E-state index in [0.29, 0.717) is 13.0 Å². The Balaban J connectivity index is 2.06. The normalized spacial score (nSPS) is 12.1. The van der Waals surface area contributed by atoms with Crippen molar-refractivity contribution in [2.45, 2.75) is 33.0 Å². The van der Waals surface area contributed by atoms with Gasteiger partial charge in [0.25, 0.3) is 0 Å². The topological polar surface area (TPSA) is 46.5 Å². The third kappa shape index (κ3) is 4.17. The molecule has 0 unspecified atom stereocenters. The molecule has 0 bridgehead atoms. The van der Waals surface area contributed by atoms with Gasteiger partial charge < -0.3 is 9.84 Å². The maximum absolute atomic E-state index is 11.4. The monoisotopic (exact) mass is 284 g/mol. The van der Waals surface area contributed by atoms with Crippen molar-refractivity contribution in [1.82, 2.24) is 0 Å². The Hall–Kier alpha value is -2.13. The van der Waals surface area contributed by atoms with Crippen LogP contribution >= 0.6 is 0 Å². The molecule has 0 fully saturated rings. The van der Waals surface area contributed by atoms with Gasteiger partial charge >= 0.3 is 5.97 Å². The molecule has 2 rings (SSSR count). The molecule has 0 heterocycles. The van der Waals surface area contributed by atoms with Crippen LogP contribution in [0.2, 0.25) is 0 Å². The van der Waals surface area contributed by atoms with Crippen molar-refractivity contribution in [2.75, 3.05) is 0 Å². The first-order valence-corrected chi connectivity index (χ1v) is 7.01. The van der Waals surface area contributed by atoms with Gasteiger partial charge in [-0.05, 0) is 36.1 Å². The van der Waals surface area contributed by atoms with Crippen molar-refractivity contribution >= 4 is 5.97 Å². The Labute approximate surface area is 125 Å². The third-order valence-corrected chi connectivity index (χ3v) is 3.69. The predicted octanol–water partition coefficient (Wildman–Crippen LogP) is 3.52. The summed E-state index contributed by atoms with van der Waals surface area (Å²) >= 11 is 0. The minimum atomic E-state index is -0.924. The largest absolute Gasteiger partial charge is 0.479 e. The number of aryl methyl sites for hydroxylation is 1. The van der Waals surface area contributed by atoms with Gasteiger partial charge in [0.2, 0.25) is 0 Å². The summed E-state index contributed by atoms with van der Waals surface area (Å²) in [7, 11) is 0. The van der Waals surface area contributed by atoms with Gasteiger partial charge in [-0.15, -0.1) is 0 Å². The first kappa shape index (κ1) is 15.3. The summed E-state index contributed by atoms with van der Waals surface area (Å²) in [6.07, 6.45) is -0.443. The number of hydrogen-bond acceptors (Lipinski definition) is 2. The van der Waals surface area contributed by atoms with Crippen LogP contribution in [0.5, 0.6) is 0 Å². The van der Waals surface area contributed by atoms with Gasteiger partial charge in [0, 0.05) is 6.42 Å². The van der Waals surface area contributed by atoms with Crippen molar-refractivity contribution in [3.05, 3.63) is 70.8 Å². The average Bonchev–Trinajstić information content (AvgIpc) is 2.48. The van der Waals surface area contributed by atoms with E-state index in [1.165, 1.54) is 5.56 Å². The third-order valence-electron chi connectivity index (χ3n) is 3.69. The molecule has 0 saturated heterocycles. The number of carbonyl (C=O) groups is 1. The second-order valence-electron chi connectivity index (χ2n) is 5.19. The number of ether oxygens (including phenoxy) is 1. The number of carboxylic acids is 1. The van der Waals surface area contributed by atoms with Gasteiger partial charge in [0.05, 0.1) is 6.61 Å². The van der Waals surface area contributed by atoms with Gasteiger partial charge in [0.1, 0.15) is 0 Å². The van der Waals surface area contributed by atoms with E-state index in [2.05, 4.69) is 0 Å². The number of hydrogen-bond donors (Lipinski definition) is 1. The van der Waals surface area contributed by atoms with Gasteiger partial charge in [-0.3, -0.25) is 0 Å². The summed E-state index contributed by atoms with van der Waals surface area (Å²) in [5.74, 6) is -0.924. The summed E-state index contributed by atoms with van der Waals surface area (Å²) < 4.78 is 5.59. The summed E-state index contributed by atoms with van der Waals surface area (Å²) in [5, 5.41) is 9.35. The van der Waals surface area contributed by atoms with Crippen LogP contribution in [0, 0.1) is 13.8 Å². The Morgan fingerprint density at radius 3 is 2.48 bits per heavy atom. The molecule has 0 saturated carbocycles. The first-order chi connectivity index (χ1) is 10.1. The van der Waals surface area contributed by atoms with Crippen LogP contribution in [-0.4, -0.2) is 17.2 Å². The molecule has 0 aliphatic rings. The van der Waals surface area contributed by atoms with E-state index in [0.717, 1.165) is 16.7 Å². The highest BCUT2D eigenvalue weighted by atomic mass is 16.5. The summed E-state index contributed by atoms with van der Waals surface area (Å²) in [4.78, 5) is 11.4. The molecule has 0 amide bonds. The highest BCUT2D eigenvalue weighted by molar-refractivity contribution is 5.72. The minimum Gasteiger partial charge on any atom is -0.479 e. The zero-order valence-electron chi connectivity index (χ0n) is 12.4. The second kappa shape index (κ2) is 7.04. The molecule has 0 aliphatic carbocycles. The molecule has 0 spiro atoms. The molecular weight excluding hydrogens is 264 g/mol. The van der Waals surface area contributed by atoms with E-state index in [4.69, 9.17) is 4.74 Å². The highest BCUT2D eigenvalue weighted by Gasteiger charge is 2.20. The van der Waals surface area contributed by atoms with Crippen LogP contribution in [0.4, 0.5) is 0 Å². The molecule has 0 radical (unpaired) electrons. The van der Waals surface area contributed by atoms with Gasteiger partial charge in [0.15, 0.2) is 6.10 Å². The van der Waals surface area contributed by atoms with Crippen LogP contribution in [0.25, 0.3) is 0 Å². The van der Waals surface area contributed by atoms with E-state index in [1.807, 2.05) is 62.4 Å². The lowest BCUT2D eigenvalue weighted by Gasteiger charge is -2.16. The molecule has 0 aromatic heterocycles. The molecule has 2 aromatic rings. The fourth-order valence-corrected chi connectivity index (χ4v) is 2.22. The molecule has 1 N–H and O–H groups in total. The van der Waals surface area contributed by atoms with Crippen LogP contribution < -0.4 is 0 Å².